The van der Waals surface area contributed by atoms with E-state index in [2.05, 4.69) is 37.1 Å². The standard InChI is InChI=1S/C19H25F3N3O3P3S/c1-32(2,28)24-16(26)11-25-15(4-3-9-18(20,21)22)23-14(10-17(25)27)12-5-7-13(8-6-12)19(29,30)31/h5-8,10H,3-4,9,11,29-31H2,1-2H3. The molecule has 0 saturated heterocycles. The van der Waals surface area contributed by atoms with Crippen molar-refractivity contribution in [1.29, 1.82) is 0 Å². The highest BCUT2D eigenvalue weighted by atomic mass is 32.2. The summed E-state index contributed by atoms with van der Waals surface area (Å²) < 4.78 is 53.8. The van der Waals surface area contributed by atoms with Crippen LogP contribution in [0, 0.1) is 0 Å². The van der Waals surface area contributed by atoms with Gasteiger partial charge in [-0.15, -0.1) is 27.7 Å². The Morgan fingerprint density at radius 1 is 1.16 bits per heavy atom. The molecule has 1 amide bonds. The van der Waals surface area contributed by atoms with Crippen molar-refractivity contribution in [1.82, 2.24) is 9.55 Å². The molecule has 1 aromatic carbocycles. The molecule has 0 N–H and O–H groups in total. The molecule has 1 aromatic heterocycles. The summed E-state index contributed by atoms with van der Waals surface area (Å²) >= 11 is 0. The number of alkyl halides is 3. The van der Waals surface area contributed by atoms with Gasteiger partial charge in [-0.25, -0.2) is 9.19 Å². The molecule has 3 unspecified atom stereocenters. The third-order valence-corrected chi connectivity index (χ3v) is 5.89. The van der Waals surface area contributed by atoms with E-state index < -0.39 is 40.3 Å². The molecular weight excluding hydrogens is 500 g/mol. The van der Waals surface area contributed by atoms with E-state index in [9.17, 15) is 27.0 Å². The maximum atomic E-state index is 12.7. The average Bonchev–Trinajstić information content (AvgIpc) is 2.61. The van der Waals surface area contributed by atoms with Crippen LogP contribution in [0.5, 0.6) is 0 Å². The molecule has 13 heteroatoms. The van der Waals surface area contributed by atoms with Crippen LogP contribution in [0.3, 0.4) is 0 Å². The van der Waals surface area contributed by atoms with E-state index in [4.69, 9.17) is 0 Å². The van der Waals surface area contributed by atoms with Gasteiger partial charge < -0.3 is 0 Å². The molecule has 0 fully saturated rings. The highest BCUT2D eigenvalue weighted by Crippen LogP contribution is 2.45. The number of aryl methyl sites for hydroxylation is 1. The molecule has 176 valence electrons. The zero-order chi connectivity index (χ0) is 24.3. The summed E-state index contributed by atoms with van der Waals surface area (Å²) in [6, 6.07) is 8.44. The Morgan fingerprint density at radius 3 is 2.25 bits per heavy atom. The second-order valence-corrected chi connectivity index (χ2v) is 15.0. The maximum Gasteiger partial charge on any atom is 0.389 e. The molecule has 0 bridgehead atoms. The van der Waals surface area contributed by atoms with Crippen LogP contribution in [0.25, 0.3) is 11.3 Å². The fourth-order valence-corrected chi connectivity index (χ4v) is 3.97. The van der Waals surface area contributed by atoms with Crippen LogP contribution in [-0.4, -0.2) is 38.4 Å². The first-order valence-corrected chi connectivity index (χ1v) is 13.5. The molecule has 0 spiro atoms. The Bertz CT molecular complexity index is 1160. The van der Waals surface area contributed by atoms with Crippen LogP contribution >= 0.6 is 27.7 Å². The molecule has 0 aliphatic rings. The van der Waals surface area contributed by atoms with E-state index in [1.54, 1.807) is 12.1 Å². The van der Waals surface area contributed by atoms with Gasteiger partial charge in [-0.05, 0) is 12.0 Å². The van der Waals surface area contributed by atoms with Crippen LogP contribution in [-0.2, 0) is 32.1 Å². The summed E-state index contributed by atoms with van der Waals surface area (Å²) in [6.45, 7) is -0.541. The van der Waals surface area contributed by atoms with Crippen molar-refractivity contribution in [2.75, 3.05) is 12.5 Å². The van der Waals surface area contributed by atoms with E-state index in [1.807, 2.05) is 12.1 Å². The smallest absolute Gasteiger partial charge is 0.287 e. The SMILES string of the molecule is CS(C)(=O)=NC(=O)Cn1c(CCCC(F)(F)F)nc(-c2ccc(C(P)(P)P)cc2)cc1=O. The minimum absolute atomic E-state index is 0.0422. The zero-order valence-corrected chi connectivity index (χ0v) is 21.8. The first-order chi connectivity index (χ1) is 14.5. The number of hydrogen-bond donors (Lipinski definition) is 0. The Balaban J connectivity index is 2.47. The molecule has 0 aliphatic carbocycles. The van der Waals surface area contributed by atoms with Crippen LogP contribution in [0.4, 0.5) is 13.2 Å². The zero-order valence-electron chi connectivity index (χ0n) is 17.6. The van der Waals surface area contributed by atoms with Crippen molar-refractivity contribution >= 4 is 43.4 Å². The number of amides is 1. The molecular formula is C19H25F3N3O3P3S. The molecule has 3 atom stereocenters. The first kappa shape index (κ1) is 27.0. The summed E-state index contributed by atoms with van der Waals surface area (Å²) in [7, 11) is 5.23. The van der Waals surface area contributed by atoms with Crippen LogP contribution in [0.2, 0.25) is 0 Å². The first-order valence-electron chi connectivity index (χ1n) is 9.40. The molecule has 1 heterocycles. The van der Waals surface area contributed by atoms with Crippen LogP contribution in [0.1, 0.15) is 24.2 Å². The summed E-state index contributed by atoms with van der Waals surface area (Å²) in [4.78, 5) is 29.3. The number of carbonyl (C=O) groups is 1. The number of halogens is 3. The largest absolute Gasteiger partial charge is 0.389 e. The Labute approximate surface area is 192 Å². The summed E-state index contributed by atoms with van der Waals surface area (Å²) in [5.41, 5.74) is 1.28. The number of carbonyl (C=O) groups excluding carboxylic acids is 1. The van der Waals surface area contributed by atoms with Gasteiger partial charge in [-0.1, -0.05) is 24.3 Å². The van der Waals surface area contributed by atoms with Crippen molar-refractivity contribution in [2.24, 2.45) is 4.36 Å². The lowest BCUT2D eigenvalue weighted by molar-refractivity contribution is -0.135. The van der Waals surface area contributed by atoms with E-state index in [0.717, 1.165) is 10.1 Å². The van der Waals surface area contributed by atoms with E-state index in [-0.39, 0.29) is 23.3 Å². The number of nitrogens with zero attached hydrogens (tertiary/aromatic N) is 3. The Hall–Kier alpha value is -1.20. The number of aromatic nitrogens is 2. The number of benzene rings is 1. The lowest BCUT2D eigenvalue weighted by Crippen LogP contribution is -2.28. The van der Waals surface area contributed by atoms with Crippen molar-refractivity contribution in [3.8, 4) is 11.3 Å². The van der Waals surface area contributed by atoms with Crippen molar-refractivity contribution in [3.05, 3.63) is 52.1 Å². The Kier molecular flexibility index (Phi) is 8.77. The van der Waals surface area contributed by atoms with Crippen molar-refractivity contribution in [3.63, 3.8) is 0 Å². The second kappa shape index (κ2) is 10.4. The normalized spacial score (nSPS) is 12.6. The Morgan fingerprint density at radius 2 is 1.75 bits per heavy atom. The highest BCUT2D eigenvalue weighted by Gasteiger charge is 2.26. The van der Waals surface area contributed by atoms with Gasteiger partial charge in [-0.2, -0.15) is 17.5 Å². The molecule has 32 heavy (non-hydrogen) atoms. The predicted molar refractivity (Wildman–Crippen MR) is 131 cm³/mol. The van der Waals surface area contributed by atoms with E-state index in [0.29, 0.717) is 11.3 Å². The topological polar surface area (TPSA) is 81.4 Å². The minimum atomic E-state index is -4.35. The number of hydrogen-bond acceptors (Lipinski definition) is 4. The molecule has 6 nitrogen and oxygen atoms in total. The van der Waals surface area contributed by atoms with Crippen LogP contribution in [0.15, 0.2) is 39.5 Å². The monoisotopic (exact) mass is 525 g/mol. The lowest BCUT2D eigenvalue weighted by atomic mass is 10.1. The molecule has 2 aromatic rings. The van der Waals surface area contributed by atoms with E-state index >= 15 is 0 Å². The van der Waals surface area contributed by atoms with Gasteiger partial charge in [-0.3, -0.25) is 14.2 Å². The van der Waals surface area contributed by atoms with Gasteiger partial charge in [0.25, 0.3) is 11.5 Å². The van der Waals surface area contributed by atoms with Crippen LogP contribution < -0.4 is 5.56 Å². The molecule has 2 rings (SSSR count). The van der Waals surface area contributed by atoms with Gasteiger partial charge in [0.05, 0.1) is 5.69 Å². The molecule has 0 aliphatic heterocycles. The fourth-order valence-electron chi connectivity index (χ4n) is 2.85. The maximum absolute atomic E-state index is 12.7. The van der Waals surface area contributed by atoms with Crippen molar-refractivity contribution in [2.45, 2.75) is 36.6 Å². The molecule has 0 radical (unpaired) electrons. The summed E-state index contributed by atoms with van der Waals surface area (Å²) in [5, 5.41) is 0. The van der Waals surface area contributed by atoms with Crippen molar-refractivity contribution < 1.29 is 22.2 Å². The average molecular weight is 525 g/mol. The second-order valence-electron chi connectivity index (χ2n) is 7.63. The van der Waals surface area contributed by atoms with Gasteiger partial charge in [0.2, 0.25) is 0 Å². The van der Waals surface area contributed by atoms with Gasteiger partial charge in [0.15, 0.2) is 0 Å². The quantitative estimate of drug-likeness (QED) is 0.516. The van der Waals surface area contributed by atoms with Gasteiger partial charge >= 0.3 is 6.18 Å². The lowest BCUT2D eigenvalue weighted by Gasteiger charge is -2.18. The summed E-state index contributed by atoms with van der Waals surface area (Å²) in [5.74, 6) is -0.767. The van der Waals surface area contributed by atoms with Gasteiger partial charge in [0, 0.05) is 51.4 Å². The highest BCUT2D eigenvalue weighted by molar-refractivity contribution is 7.92. The number of rotatable bonds is 7. The third kappa shape index (κ3) is 8.62. The minimum Gasteiger partial charge on any atom is -0.287 e. The summed E-state index contributed by atoms with van der Waals surface area (Å²) in [6.07, 6.45) is -3.30. The fraction of sp³-hybridized carbons (Fsp3) is 0.421. The third-order valence-electron chi connectivity index (χ3n) is 4.24. The van der Waals surface area contributed by atoms with E-state index in [1.165, 1.54) is 18.6 Å². The predicted octanol–water partition coefficient (Wildman–Crippen LogP) is 3.79. The van der Waals surface area contributed by atoms with Gasteiger partial charge in [0.1, 0.15) is 12.4 Å². The molecule has 0 saturated carbocycles.